The van der Waals surface area contributed by atoms with E-state index in [9.17, 15) is 9.18 Å². The number of benzene rings is 2. The molecule has 2 saturated carbocycles. The summed E-state index contributed by atoms with van der Waals surface area (Å²) in [6.07, 6.45) is 6.28. The number of rotatable bonds is 10. The third-order valence-corrected chi connectivity index (χ3v) is 9.32. The number of piperidine rings is 2. The molecule has 2 aromatic carbocycles. The zero-order chi connectivity index (χ0) is 25.4. The number of anilines is 3. The van der Waals surface area contributed by atoms with Gasteiger partial charge in [0.25, 0.3) is 5.91 Å². The molecule has 0 aromatic heterocycles. The number of hydrogen-bond acceptors (Lipinski definition) is 7. The Balaban J connectivity index is 1.23. The first kappa shape index (κ1) is 24.8. The minimum Gasteiger partial charge on any atom is -0.461 e. The van der Waals surface area contributed by atoms with Gasteiger partial charge in [0, 0.05) is 43.3 Å². The molecule has 6 rings (SSSR count). The summed E-state index contributed by atoms with van der Waals surface area (Å²) >= 11 is 1.47. The number of aliphatic hydroxyl groups excluding tert-OH is 1. The first-order valence-corrected chi connectivity index (χ1v) is 14.2. The van der Waals surface area contributed by atoms with Crippen LogP contribution in [-0.2, 0) is 0 Å². The predicted octanol–water partition coefficient (Wildman–Crippen LogP) is 4.67. The summed E-state index contributed by atoms with van der Waals surface area (Å²) in [4.78, 5) is 19.2. The van der Waals surface area contributed by atoms with Gasteiger partial charge in [0.05, 0.1) is 23.5 Å². The lowest BCUT2D eigenvalue weighted by atomic mass is 9.93. The van der Waals surface area contributed by atoms with Crippen molar-refractivity contribution in [3.8, 4) is 5.75 Å². The predicted molar refractivity (Wildman–Crippen MR) is 145 cm³/mol. The average molecular weight is 527 g/mol. The highest BCUT2D eigenvalue weighted by Gasteiger charge is 2.46. The smallest absolute Gasteiger partial charge is 0.257 e. The molecule has 2 unspecified atom stereocenters. The molecule has 2 saturated heterocycles. The Kier molecular flexibility index (Phi) is 6.94. The van der Waals surface area contributed by atoms with Crippen LogP contribution in [0.5, 0.6) is 5.75 Å². The first-order chi connectivity index (χ1) is 18.1. The fourth-order valence-electron chi connectivity index (χ4n) is 5.92. The van der Waals surface area contributed by atoms with Gasteiger partial charge in [0.15, 0.2) is 0 Å². The molecular formula is C28H35FN4O3S. The summed E-state index contributed by atoms with van der Waals surface area (Å²) in [7, 11) is 0. The van der Waals surface area contributed by atoms with E-state index >= 15 is 0 Å². The number of nitrogens with one attached hydrogen (secondary N) is 2. The van der Waals surface area contributed by atoms with Gasteiger partial charge in [-0.15, -0.1) is 0 Å². The number of aliphatic hydroxyl groups is 1. The number of halogens is 1. The lowest BCUT2D eigenvalue weighted by molar-refractivity contribution is 0.102. The maximum atomic E-state index is 13.6. The van der Waals surface area contributed by atoms with Crippen molar-refractivity contribution in [2.75, 3.05) is 61.3 Å². The Hall–Kier alpha value is -2.49. The Bertz CT molecular complexity index is 1140. The Morgan fingerprint density at radius 1 is 1.05 bits per heavy atom. The second-order valence-corrected chi connectivity index (χ2v) is 11.9. The first-order valence-electron chi connectivity index (χ1n) is 13.4. The number of carbonyl (C=O) groups is 1. The molecule has 4 fully saturated rings. The molecular weight excluding hydrogens is 491 g/mol. The van der Waals surface area contributed by atoms with Gasteiger partial charge in [-0.1, -0.05) is 0 Å². The third kappa shape index (κ3) is 5.40. The molecule has 0 radical (unpaired) electrons. The monoisotopic (exact) mass is 526 g/mol. The number of hydrogen-bond donors (Lipinski definition) is 3. The summed E-state index contributed by atoms with van der Waals surface area (Å²) in [5.74, 6) is 1.81. The van der Waals surface area contributed by atoms with E-state index in [4.69, 9.17) is 9.84 Å². The van der Waals surface area contributed by atoms with Gasteiger partial charge in [-0.05, 0) is 97.7 Å². The zero-order valence-electron chi connectivity index (χ0n) is 21.0. The Morgan fingerprint density at radius 3 is 2.54 bits per heavy atom. The van der Waals surface area contributed by atoms with Crippen molar-refractivity contribution in [1.29, 1.82) is 0 Å². The molecule has 2 heterocycles. The minimum atomic E-state index is -0.878. The Morgan fingerprint density at radius 2 is 1.84 bits per heavy atom. The number of nitrogens with zero attached hydrogens (tertiary/aromatic N) is 2. The van der Waals surface area contributed by atoms with E-state index in [1.807, 2.05) is 18.2 Å². The second kappa shape index (κ2) is 10.3. The van der Waals surface area contributed by atoms with Gasteiger partial charge < -0.3 is 25.0 Å². The van der Waals surface area contributed by atoms with E-state index in [2.05, 4.69) is 25.9 Å². The van der Waals surface area contributed by atoms with E-state index in [0.29, 0.717) is 29.0 Å². The third-order valence-electron chi connectivity index (χ3n) is 8.49. The molecule has 3 N–H and O–H groups in total. The van der Waals surface area contributed by atoms with E-state index in [1.54, 1.807) is 12.1 Å². The molecule has 9 heteroatoms. The van der Waals surface area contributed by atoms with Gasteiger partial charge in [-0.2, -0.15) is 0 Å². The standard InChI is InChI=1S/C28H35FN4O3S/c29-18-36-26-4-1-21(14-25(26)33-16-19-13-20(19)17-33)31-27(35)23-3-2-22(37-30-9-12-34)15-24(23)32-10-7-28(5-6-28)8-11-32/h1-4,14-15,19-20,30,34H,5-13,16-18H2,(H,31,35). The fourth-order valence-corrected chi connectivity index (χ4v) is 6.59. The maximum absolute atomic E-state index is 13.6. The van der Waals surface area contributed by atoms with E-state index < -0.39 is 6.86 Å². The quantitative estimate of drug-likeness (QED) is 0.307. The summed E-state index contributed by atoms with van der Waals surface area (Å²) in [6, 6.07) is 11.4. The number of ether oxygens (including phenoxy) is 1. The number of alkyl halides is 1. The van der Waals surface area contributed by atoms with E-state index in [0.717, 1.165) is 54.3 Å². The number of fused-ring (bicyclic) bond motifs is 1. The van der Waals surface area contributed by atoms with Gasteiger partial charge in [0.1, 0.15) is 5.75 Å². The average Bonchev–Trinajstić information content (AvgIpc) is 3.82. The van der Waals surface area contributed by atoms with Crippen LogP contribution in [0.15, 0.2) is 41.3 Å². The lowest BCUT2D eigenvalue weighted by Gasteiger charge is -2.35. The SMILES string of the molecule is O=C(Nc1ccc(OCF)c(N2CC3CC3C2)c1)c1ccc(SNCCO)cc1N1CCC2(CC1)CC2. The van der Waals surface area contributed by atoms with Crippen molar-refractivity contribution in [3.63, 3.8) is 0 Å². The molecule has 37 heavy (non-hydrogen) atoms. The molecule has 2 atom stereocenters. The van der Waals surface area contributed by atoms with Crippen molar-refractivity contribution >= 4 is 34.9 Å². The molecule has 1 amide bonds. The van der Waals surface area contributed by atoms with Gasteiger partial charge in [-0.25, -0.2) is 4.39 Å². The highest BCUT2D eigenvalue weighted by molar-refractivity contribution is 7.97. The van der Waals surface area contributed by atoms with Gasteiger partial charge >= 0.3 is 0 Å². The number of amides is 1. The van der Waals surface area contributed by atoms with Crippen LogP contribution in [0.1, 0.15) is 42.5 Å². The van der Waals surface area contributed by atoms with Crippen LogP contribution in [-0.4, -0.2) is 57.2 Å². The lowest BCUT2D eigenvalue weighted by Crippen LogP contribution is -2.35. The van der Waals surface area contributed by atoms with E-state index in [-0.39, 0.29) is 12.5 Å². The molecule has 2 aliphatic carbocycles. The molecule has 2 aromatic rings. The highest BCUT2D eigenvalue weighted by atomic mass is 32.2. The van der Waals surface area contributed by atoms with Crippen LogP contribution < -0.4 is 24.6 Å². The van der Waals surface area contributed by atoms with Crippen LogP contribution >= 0.6 is 11.9 Å². The van der Waals surface area contributed by atoms with Gasteiger partial charge in [-0.3, -0.25) is 9.52 Å². The molecule has 0 bridgehead atoms. The van der Waals surface area contributed by atoms with Crippen LogP contribution in [0.3, 0.4) is 0 Å². The molecule has 7 nitrogen and oxygen atoms in total. The van der Waals surface area contributed by atoms with Crippen molar-refractivity contribution in [3.05, 3.63) is 42.0 Å². The minimum absolute atomic E-state index is 0.0739. The van der Waals surface area contributed by atoms with Crippen molar-refractivity contribution < 1.29 is 19.0 Å². The summed E-state index contributed by atoms with van der Waals surface area (Å²) in [6.45, 7) is 3.51. The topological polar surface area (TPSA) is 77.1 Å². The molecule has 198 valence electrons. The normalized spacial score (nSPS) is 23.2. The molecule has 1 spiro atoms. The van der Waals surface area contributed by atoms with Crippen LogP contribution in [0.2, 0.25) is 0 Å². The van der Waals surface area contributed by atoms with Crippen LogP contribution in [0.4, 0.5) is 21.5 Å². The van der Waals surface area contributed by atoms with Crippen LogP contribution in [0.25, 0.3) is 0 Å². The summed E-state index contributed by atoms with van der Waals surface area (Å²) < 4.78 is 21.5. The van der Waals surface area contributed by atoms with E-state index in [1.165, 1.54) is 44.1 Å². The highest BCUT2D eigenvalue weighted by Crippen LogP contribution is 2.54. The maximum Gasteiger partial charge on any atom is 0.257 e. The molecule has 4 aliphatic rings. The van der Waals surface area contributed by atoms with Gasteiger partial charge in [0.2, 0.25) is 6.86 Å². The number of carbonyl (C=O) groups excluding carboxylic acids is 1. The molecule has 2 aliphatic heterocycles. The second-order valence-electron chi connectivity index (χ2n) is 10.9. The fraction of sp³-hybridized carbons (Fsp3) is 0.536. The Labute approximate surface area is 221 Å². The van der Waals surface area contributed by atoms with Crippen molar-refractivity contribution in [1.82, 2.24) is 4.72 Å². The summed E-state index contributed by atoms with van der Waals surface area (Å²) in [5.41, 5.74) is 3.66. The van der Waals surface area contributed by atoms with Crippen molar-refractivity contribution in [2.24, 2.45) is 17.3 Å². The van der Waals surface area contributed by atoms with Crippen molar-refractivity contribution in [2.45, 2.75) is 37.0 Å². The summed E-state index contributed by atoms with van der Waals surface area (Å²) in [5, 5.41) is 12.2. The largest absolute Gasteiger partial charge is 0.461 e. The van der Waals surface area contributed by atoms with Crippen LogP contribution in [0, 0.1) is 17.3 Å². The zero-order valence-corrected chi connectivity index (χ0v) is 21.9.